The van der Waals surface area contributed by atoms with E-state index in [1.54, 1.807) is 18.2 Å². The molecule has 0 radical (unpaired) electrons. The van der Waals surface area contributed by atoms with Crippen molar-refractivity contribution in [2.24, 2.45) is 0 Å². The van der Waals surface area contributed by atoms with Crippen molar-refractivity contribution in [2.75, 3.05) is 18.3 Å². The lowest BCUT2D eigenvalue weighted by atomic mass is 9.92. The van der Waals surface area contributed by atoms with Crippen LogP contribution in [-0.4, -0.2) is 46.4 Å². The van der Waals surface area contributed by atoms with Crippen molar-refractivity contribution in [3.63, 3.8) is 0 Å². The molecule has 1 saturated heterocycles. The Balaban J connectivity index is 1.38. The van der Waals surface area contributed by atoms with Gasteiger partial charge in [-0.2, -0.15) is 0 Å². The standard InChI is InChI=1S/C22H25NO6S2/c24-30(25)12-19(23-11-15-5-8-20-21(9-15)29-14-28-20)22(13-30)31(26,27)18-7-6-16-3-1-2-4-17(16)10-18/h5-10,19,22-23H,1-4,11-14H2/t19-,22-/m0/s1. The van der Waals surface area contributed by atoms with Gasteiger partial charge in [0.15, 0.2) is 31.2 Å². The van der Waals surface area contributed by atoms with Gasteiger partial charge in [0.1, 0.15) is 0 Å². The fourth-order valence-electron chi connectivity index (χ4n) is 4.67. The first-order valence-corrected chi connectivity index (χ1v) is 13.9. The first-order valence-electron chi connectivity index (χ1n) is 10.5. The van der Waals surface area contributed by atoms with Crippen LogP contribution in [0.3, 0.4) is 0 Å². The molecular weight excluding hydrogens is 438 g/mol. The van der Waals surface area contributed by atoms with E-state index in [9.17, 15) is 16.8 Å². The average Bonchev–Trinajstić information content (AvgIpc) is 3.35. The van der Waals surface area contributed by atoms with Crippen LogP contribution in [0.15, 0.2) is 41.3 Å². The normalized spacial score (nSPS) is 24.1. The maximum absolute atomic E-state index is 13.4. The van der Waals surface area contributed by atoms with Gasteiger partial charge >= 0.3 is 0 Å². The first-order chi connectivity index (χ1) is 14.8. The van der Waals surface area contributed by atoms with Crippen LogP contribution >= 0.6 is 0 Å². The molecule has 0 bridgehead atoms. The molecule has 166 valence electrons. The summed E-state index contributed by atoms with van der Waals surface area (Å²) in [5.41, 5.74) is 3.14. The zero-order valence-corrected chi connectivity index (χ0v) is 18.7. The molecule has 2 aromatic rings. The molecule has 5 rings (SSSR count). The Kier molecular flexibility index (Phi) is 5.22. The molecule has 2 aliphatic heterocycles. The van der Waals surface area contributed by atoms with Crippen molar-refractivity contribution < 1.29 is 26.3 Å². The second kappa shape index (κ2) is 7.79. The van der Waals surface area contributed by atoms with Crippen molar-refractivity contribution in [2.45, 2.75) is 48.4 Å². The summed E-state index contributed by atoms with van der Waals surface area (Å²) in [5.74, 6) is 0.758. The Morgan fingerprint density at radius 2 is 1.71 bits per heavy atom. The molecule has 0 amide bonds. The predicted octanol–water partition coefficient (Wildman–Crippen LogP) is 2.02. The van der Waals surface area contributed by atoms with E-state index in [0.717, 1.165) is 36.8 Å². The molecule has 0 aromatic heterocycles. The van der Waals surface area contributed by atoms with Crippen LogP contribution in [0.5, 0.6) is 11.5 Å². The minimum absolute atomic E-state index is 0.175. The smallest absolute Gasteiger partial charge is 0.231 e. The lowest BCUT2D eigenvalue weighted by Crippen LogP contribution is -2.43. The summed E-state index contributed by atoms with van der Waals surface area (Å²) in [7, 11) is -7.25. The zero-order valence-electron chi connectivity index (χ0n) is 17.0. The number of fused-ring (bicyclic) bond motifs is 2. The molecule has 9 heteroatoms. The third-order valence-electron chi connectivity index (χ3n) is 6.35. The number of hydrogen-bond acceptors (Lipinski definition) is 7. The van der Waals surface area contributed by atoms with Crippen molar-refractivity contribution in [3.05, 3.63) is 53.1 Å². The summed E-state index contributed by atoms with van der Waals surface area (Å²) in [4.78, 5) is 0.227. The van der Waals surface area contributed by atoms with Gasteiger partial charge < -0.3 is 14.8 Å². The summed E-state index contributed by atoms with van der Waals surface area (Å²) in [6.45, 7) is 0.515. The van der Waals surface area contributed by atoms with Crippen molar-refractivity contribution in [1.82, 2.24) is 5.32 Å². The molecule has 2 heterocycles. The molecule has 1 N–H and O–H groups in total. The minimum Gasteiger partial charge on any atom is -0.454 e. The van der Waals surface area contributed by atoms with E-state index in [-0.39, 0.29) is 23.2 Å². The molecule has 31 heavy (non-hydrogen) atoms. The van der Waals surface area contributed by atoms with Gasteiger partial charge in [-0.25, -0.2) is 16.8 Å². The zero-order chi connectivity index (χ0) is 21.6. The van der Waals surface area contributed by atoms with Gasteiger partial charge in [-0.15, -0.1) is 0 Å². The monoisotopic (exact) mass is 463 g/mol. The van der Waals surface area contributed by atoms with E-state index >= 15 is 0 Å². The fourth-order valence-corrected chi connectivity index (χ4v) is 9.44. The number of hydrogen-bond donors (Lipinski definition) is 1. The molecule has 2 aromatic carbocycles. The lowest BCUT2D eigenvalue weighted by molar-refractivity contribution is 0.174. The van der Waals surface area contributed by atoms with Gasteiger partial charge in [-0.3, -0.25) is 0 Å². The highest BCUT2D eigenvalue weighted by molar-refractivity contribution is 7.96. The molecule has 1 fully saturated rings. The topological polar surface area (TPSA) is 98.8 Å². The van der Waals surface area contributed by atoms with Crippen molar-refractivity contribution >= 4 is 19.7 Å². The van der Waals surface area contributed by atoms with E-state index in [0.29, 0.717) is 18.0 Å². The average molecular weight is 464 g/mol. The molecule has 0 spiro atoms. The summed E-state index contributed by atoms with van der Waals surface area (Å²) in [5, 5.41) is 2.17. The minimum atomic E-state index is -3.79. The van der Waals surface area contributed by atoms with Crippen LogP contribution in [-0.2, 0) is 39.1 Å². The summed E-state index contributed by atoms with van der Waals surface area (Å²) in [6, 6.07) is 10.1. The highest BCUT2D eigenvalue weighted by atomic mass is 32.2. The third kappa shape index (κ3) is 4.06. The van der Waals surface area contributed by atoms with Crippen LogP contribution in [0.2, 0.25) is 0 Å². The van der Waals surface area contributed by atoms with Crippen LogP contribution < -0.4 is 14.8 Å². The SMILES string of the molecule is O=S1(=O)C[C@H](NCc2ccc3c(c2)OCO3)[C@@H](S(=O)(=O)c2ccc3c(c2)CCCC3)C1. The number of aryl methyl sites for hydroxylation is 2. The Labute approximate surface area is 182 Å². The van der Waals surface area contributed by atoms with E-state index in [4.69, 9.17) is 9.47 Å². The van der Waals surface area contributed by atoms with Crippen LogP contribution in [0.25, 0.3) is 0 Å². The lowest BCUT2D eigenvalue weighted by Gasteiger charge is -2.22. The Bertz CT molecular complexity index is 1220. The number of rotatable bonds is 5. The van der Waals surface area contributed by atoms with Gasteiger partial charge in [0.25, 0.3) is 0 Å². The molecule has 2 atom stereocenters. The van der Waals surface area contributed by atoms with Gasteiger partial charge in [0.05, 0.1) is 21.7 Å². The fraction of sp³-hybridized carbons (Fsp3) is 0.455. The quantitative estimate of drug-likeness (QED) is 0.724. The third-order valence-corrected chi connectivity index (χ3v) is 10.5. The second-order valence-electron chi connectivity index (χ2n) is 8.47. The Morgan fingerprint density at radius 3 is 2.55 bits per heavy atom. The van der Waals surface area contributed by atoms with Crippen LogP contribution in [0.4, 0.5) is 0 Å². The van der Waals surface area contributed by atoms with Crippen molar-refractivity contribution in [1.29, 1.82) is 0 Å². The van der Waals surface area contributed by atoms with E-state index in [2.05, 4.69) is 5.32 Å². The van der Waals surface area contributed by atoms with Crippen molar-refractivity contribution in [3.8, 4) is 11.5 Å². The van der Waals surface area contributed by atoms with Crippen LogP contribution in [0, 0.1) is 0 Å². The number of sulfone groups is 2. The molecule has 3 aliphatic rings. The highest BCUT2D eigenvalue weighted by Crippen LogP contribution is 2.33. The maximum Gasteiger partial charge on any atom is 0.231 e. The maximum atomic E-state index is 13.4. The van der Waals surface area contributed by atoms with Crippen LogP contribution in [0.1, 0.15) is 29.5 Å². The first kappa shape index (κ1) is 20.8. The molecular formula is C22H25NO6S2. The number of ether oxygens (including phenoxy) is 2. The summed E-state index contributed by atoms with van der Waals surface area (Å²) >= 11 is 0. The molecule has 1 aliphatic carbocycles. The summed E-state index contributed by atoms with van der Waals surface area (Å²) in [6.07, 6.45) is 4.00. The van der Waals surface area contributed by atoms with E-state index in [1.807, 2.05) is 18.2 Å². The predicted molar refractivity (Wildman–Crippen MR) is 116 cm³/mol. The number of nitrogens with one attached hydrogen (secondary N) is 1. The largest absolute Gasteiger partial charge is 0.454 e. The van der Waals surface area contributed by atoms with Gasteiger partial charge in [-0.1, -0.05) is 12.1 Å². The van der Waals surface area contributed by atoms with E-state index < -0.39 is 31.0 Å². The Morgan fingerprint density at radius 1 is 0.935 bits per heavy atom. The second-order valence-corrected chi connectivity index (χ2v) is 12.8. The summed E-state index contributed by atoms with van der Waals surface area (Å²) < 4.78 is 62.3. The molecule has 0 saturated carbocycles. The molecule has 0 unspecified atom stereocenters. The Hall–Kier alpha value is -2.10. The number of benzene rings is 2. The molecule has 7 nitrogen and oxygen atoms in total. The van der Waals surface area contributed by atoms with Gasteiger partial charge in [-0.05, 0) is 66.6 Å². The van der Waals surface area contributed by atoms with Gasteiger partial charge in [0.2, 0.25) is 6.79 Å². The highest BCUT2D eigenvalue weighted by Gasteiger charge is 2.45. The van der Waals surface area contributed by atoms with E-state index in [1.165, 1.54) is 5.56 Å². The van der Waals surface area contributed by atoms with Gasteiger partial charge in [0, 0.05) is 12.6 Å².